The SMILES string of the molecule is CC(C(C(=O)Nc1cc(C(CC(=O)O)C2CC2)ccc1Cl)c1ccc(Cl)cc1)C(F)(F)F. The molecule has 0 aliphatic heterocycles. The summed E-state index contributed by atoms with van der Waals surface area (Å²) in [5.41, 5.74) is 1.01. The highest BCUT2D eigenvalue weighted by Gasteiger charge is 2.45. The number of carboxylic acid groups (broad SMARTS) is 1. The molecule has 3 atom stereocenters. The number of carbonyl (C=O) groups is 2. The van der Waals surface area contributed by atoms with Crippen LogP contribution < -0.4 is 5.32 Å². The van der Waals surface area contributed by atoms with E-state index in [0.29, 0.717) is 10.6 Å². The molecule has 1 saturated carbocycles. The number of halogens is 5. The first-order valence-corrected chi connectivity index (χ1v) is 10.9. The lowest BCUT2D eigenvalue weighted by Crippen LogP contribution is -2.34. The first-order valence-electron chi connectivity index (χ1n) is 10.1. The van der Waals surface area contributed by atoms with Crippen molar-refractivity contribution >= 4 is 40.8 Å². The Balaban J connectivity index is 1.91. The highest BCUT2D eigenvalue weighted by Crippen LogP contribution is 2.46. The number of carbonyl (C=O) groups excluding carboxylic acids is 1. The molecule has 172 valence electrons. The van der Waals surface area contributed by atoms with Crippen LogP contribution in [0.1, 0.15) is 49.1 Å². The molecule has 2 aromatic carbocycles. The summed E-state index contributed by atoms with van der Waals surface area (Å²) < 4.78 is 40.6. The largest absolute Gasteiger partial charge is 0.481 e. The molecule has 32 heavy (non-hydrogen) atoms. The Morgan fingerprint density at radius 3 is 2.22 bits per heavy atom. The van der Waals surface area contributed by atoms with Gasteiger partial charge in [-0.05, 0) is 60.1 Å². The van der Waals surface area contributed by atoms with Crippen molar-refractivity contribution in [3.05, 3.63) is 63.6 Å². The molecule has 9 heteroatoms. The Hall–Kier alpha value is -2.25. The fourth-order valence-corrected chi connectivity index (χ4v) is 4.14. The van der Waals surface area contributed by atoms with E-state index in [1.165, 1.54) is 30.3 Å². The molecule has 1 aliphatic carbocycles. The number of benzene rings is 2. The molecule has 0 spiro atoms. The number of nitrogens with one attached hydrogen (secondary N) is 1. The van der Waals surface area contributed by atoms with Crippen LogP contribution in [-0.4, -0.2) is 23.2 Å². The highest BCUT2D eigenvalue weighted by molar-refractivity contribution is 6.33. The van der Waals surface area contributed by atoms with Crippen molar-refractivity contribution in [1.82, 2.24) is 0 Å². The molecule has 2 aromatic rings. The summed E-state index contributed by atoms with van der Waals surface area (Å²) in [5, 5.41) is 12.3. The van der Waals surface area contributed by atoms with E-state index in [2.05, 4.69) is 5.32 Å². The summed E-state index contributed by atoms with van der Waals surface area (Å²) in [6, 6.07) is 10.4. The minimum absolute atomic E-state index is 0.0712. The molecule has 1 fully saturated rings. The second kappa shape index (κ2) is 9.71. The topological polar surface area (TPSA) is 66.4 Å². The van der Waals surface area contributed by atoms with Crippen LogP contribution in [-0.2, 0) is 9.59 Å². The van der Waals surface area contributed by atoms with E-state index in [4.69, 9.17) is 23.2 Å². The number of hydrogen-bond acceptors (Lipinski definition) is 2. The monoisotopic (exact) mass is 487 g/mol. The summed E-state index contributed by atoms with van der Waals surface area (Å²) >= 11 is 12.1. The van der Waals surface area contributed by atoms with Gasteiger partial charge in [0, 0.05) is 5.02 Å². The molecule has 2 N–H and O–H groups in total. The number of hydrogen-bond donors (Lipinski definition) is 2. The fraction of sp³-hybridized carbons (Fsp3) is 0.391. The molecular formula is C23H22Cl2F3NO3. The third-order valence-electron chi connectivity index (χ3n) is 5.79. The van der Waals surface area contributed by atoms with Gasteiger partial charge in [-0.1, -0.05) is 48.3 Å². The van der Waals surface area contributed by atoms with Crippen LogP contribution >= 0.6 is 23.2 Å². The number of anilines is 1. The summed E-state index contributed by atoms with van der Waals surface area (Å²) in [6.07, 6.45) is -2.86. The van der Waals surface area contributed by atoms with Crippen molar-refractivity contribution in [3.63, 3.8) is 0 Å². The van der Waals surface area contributed by atoms with Gasteiger partial charge in [0.05, 0.1) is 29.0 Å². The Kier molecular flexibility index (Phi) is 7.40. The average molecular weight is 488 g/mol. The Bertz CT molecular complexity index is 991. The lowest BCUT2D eigenvalue weighted by atomic mass is 9.85. The summed E-state index contributed by atoms with van der Waals surface area (Å²) in [7, 11) is 0. The van der Waals surface area contributed by atoms with Gasteiger partial charge in [-0.25, -0.2) is 0 Å². The van der Waals surface area contributed by atoms with Crippen LogP contribution in [0.3, 0.4) is 0 Å². The van der Waals surface area contributed by atoms with Gasteiger partial charge in [-0.3, -0.25) is 9.59 Å². The maximum atomic E-state index is 13.5. The van der Waals surface area contributed by atoms with Crippen LogP contribution in [0.25, 0.3) is 0 Å². The first-order chi connectivity index (χ1) is 15.0. The summed E-state index contributed by atoms with van der Waals surface area (Å²) in [4.78, 5) is 24.3. The van der Waals surface area contributed by atoms with E-state index >= 15 is 0 Å². The van der Waals surface area contributed by atoms with Crippen LogP contribution in [0.2, 0.25) is 10.0 Å². The number of carboxylic acids is 1. The zero-order chi connectivity index (χ0) is 23.6. The lowest BCUT2D eigenvalue weighted by molar-refractivity contribution is -0.178. The number of amides is 1. The van der Waals surface area contributed by atoms with Gasteiger partial charge in [0.1, 0.15) is 0 Å². The lowest BCUT2D eigenvalue weighted by Gasteiger charge is -2.26. The molecule has 3 rings (SSSR count). The molecule has 0 heterocycles. The van der Waals surface area contributed by atoms with E-state index < -0.39 is 29.9 Å². The first kappa shape index (κ1) is 24.4. The third kappa shape index (κ3) is 5.95. The molecule has 1 aliphatic rings. The molecule has 0 saturated heterocycles. The van der Waals surface area contributed by atoms with Crippen LogP contribution in [0, 0.1) is 11.8 Å². The Labute approximate surface area is 193 Å². The number of alkyl halides is 3. The Morgan fingerprint density at radius 2 is 1.69 bits per heavy atom. The van der Waals surface area contributed by atoms with Gasteiger partial charge < -0.3 is 10.4 Å². The normalized spacial score (nSPS) is 16.8. The standard InChI is InChI=1S/C23H22Cl2F3NO3/c1-12(23(26,27)28)21(14-4-7-16(24)8-5-14)22(32)29-19-10-15(6-9-18(19)25)17(11-20(30)31)13-2-3-13/h4-10,12-13,17,21H,2-3,11H2,1H3,(H,29,32)(H,30,31). The van der Waals surface area contributed by atoms with E-state index in [-0.39, 0.29) is 34.5 Å². The van der Waals surface area contributed by atoms with Crippen molar-refractivity contribution in [1.29, 1.82) is 0 Å². The average Bonchev–Trinajstić information content (AvgIpc) is 3.54. The molecule has 4 nitrogen and oxygen atoms in total. The number of rotatable bonds is 8. The van der Waals surface area contributed by atoms with Gasteiger partial charge in [-0.2, -0.15) is 13.2 Å². The summed E-state index contributed by atoms with van der Waals surface area (Å²) in [5.74, 6) is -5.31. The smallest absolute Gasteiger partial charge is 0.392 e. The third-order valence-corrected chi connectivity index (χ3v) is 6.37. The van der Waals surface area contributed by atoms with Crippen molar-refractivity contribution in [2.24, 2.45) is 11.8 Å². The van der Waals surface area contributed by atoms with Gasteiger partial charge in [-0.15, -0.1) is 0 Å². The minimum atomic E-state index is -4.61. The van der Waals surface area contributed by atoms with Crippen LogP contribution in [0.4, 0.5) is 18.9 Å². The highest BCUT2D eigenvalue weighted by atomic mass is 35.5. The van der Waals surface area contributed by atoms with Crippen molar-refractivity contribution < 1.29 is 27.9 Å². The summed E-state index contributed by atoms with van der Waals surface area (Å²) in [6.45, 7) is 0.951. The Morgan fingerprint density at radius 1 is 1.09 bits per heavy atom. The van der Waals surface area contributed by atoms with Crippen molar-refractivity contribution in [2.75, 3.05) is 5.32 Å². The molecule has 1 amide bonds. The van der Waals surface area contributed by atoms with E-state index in [0.717, 1.165) is 19.8 Å². The van der Waals surface area contributed by atoms with Gasteiger partial charge in [0.25, 0.3) is 0 Å². The fourth-order valence-electron chi connectivity index (χ4n) is 3.85. The van der Waals surface area contributed by atoms with Gasteiger partial charge in [0.2, 0.25) is 5.91 Å². The molecule has 0 bridgehead atoms. The minimum Gasteiger partial charge on any atom is -0.481 e. The zero-order valence-electron chi connectivity index (χ0n) is 17.1. The van der Waals surface area contributed by atoms with Crippen LogP contribution in [0.5, 0.6) is 0 Å². The van der Waals surface area contributed by atoms with Crippen molar-refractivity contribution in [3.8, 4) is 0 Å². The zero-order valence-corrected chi connectivity index (χ0v) is 18.6. The predicted octanol–water partition coefficient (Wildman–Crippen LogP) is 6.88. The second-order valence-corrected chi connectivity index (χ2v) is 8.97. The van der Waals surface area contributed by atoms with E-state index in [1.54, 1.807) is 12.1 Å². The van der Waals surface area contributed by atoms with Gasteiger partial charge in [0.15, 0.2) is 0 Å². The second-order valence-electron chi connectivity index (χ2n) is 8.13. The van der Waals surface area contributed by atoms with E-state index in [9.17, 15) is 27.9 Å². The molecule has 3 unspecified atom stereocenters. The maximum Gasteiger partial charge on any atom is 0.392 e. The molecule has 0 aromatic heterocycles. The maximum absolute atomic E-state index is 13.5. The predicted molar refractivity (Wildman–Crippen MR) is 117 cm³/mol. The van der Waals surface area contributed by atoms with Crippen molar-refractivity contribution in [2.45, 2.75) is 44.2 Å². The molecular weight excluding hydrogens is 466 g/mol. The van der Waals surface area contributed by atoms with E-state index in [1.807, 2.05) is 0 Å². The quantitative estimate of drug-likeness (QED) is 0.426. The number of aliphatic carboxylic acids is 1. The van der Waals surface area contributed by atoms with Crippen LogP contribution in [0.15, 0.2) is 42.5 Å². The molecule has 0 radical (unpaired) electrons. The van der Waals surface area contributed by atoms with Gasteiger partial charge >= 0.3 is 12.1 Å².